The van der Waals surface area contributed by atoms with E-state index in [0.717, 1.165) is 42.4 Å². The van der Waals surface area contributed by atoms with Crippen LogP contribution in [0.25, 0.3) is 11.3 Å². The van der Waals surface area contributed by atoms with Crippen molar-refractivity contribution >= 4 is 5.82 Å². The Morgan fingerprint density at radius 3 is 2.50 bits per heavy atom. The van der Waals surface area contributed by atoms with E-state index in [1.807, 2.05) is 38.5 Å². The summed E-state index contributed by atoms with van der Waals surface area (Å²) >= 11 is 0. The average molecular weight is 325 g/mol. The Bertz CT molecular complexity index is 780. The molecule has 0 unspecified atom stereocenters. The summed E-state index contributed by atoms with van der Waals surface area (Å²) < 4.78 is 15.1. The van der Waals surface area contributed by atoms with Crippen LogP contribution in [0, 0.1) is 12.7 Å². The lowest BCUT2D eigenvalue weighted by molar-refractivity contribution is 0.620. The molecule has 6 heteroatoms. The third-order valence-electron chi connectivity index (χ3n) is 4.00. The second-order valence-corrected chi connectivity index (χ2v) is 5.73. The van der Waals surface area contributed by atoms with Crippen molar-refractivity contribution in [2.24, 2.45) is 0 Å². The molecule has 2 aromatic heterocycles. The van der Waals surface area contributed by atoms with Gasteiger partial charge in [0.15, 0.2) is 5.82 Å². The number of benzene rings is 1. The predicted octanol–water partition coefficient (Wildman–Crippen LogP) is 3.31. The molecule has 5 nitrogen and oxygen atoms in total. The van der Waals surface area contributed by atoms with E-state index in [-0.39, 0.29) is 5.82 Å². The van der Waals surface area contributed by atoms with Gasteiger partial charge in [0.1, 0.15) is 11.6 Å². The Hall–Kier alpha value is -2.76. The molecule has 0 bridgehead atoms. The number of hydrogen-bond acceptors (Lipinski definition) is 4. The Labute approximate surface area is 140 Å². The molecule has 0 aliphatic heterocycles. The minimum Gasteiger partial charge on any atom is -0.358 e. The van der Waals surface area contributed by atoms with E-state index in [1.54, 1.807) is 12.1 Å². The van der Waals surface area contributed by atoms with E-state index >= 15 is 0 Å². The summed E-state index contributed by atoms with van der Waals surface area (Å²) in [6, 6.07) is 10.1. The van der Waals surface area contributed by atoms with Crippen molar-refractivity contribution < 1.29 is 4.39 Å². The quantitative estimate of drug-likeness (QED) is 0.697. The highest BCUT2D eigenvalue weighted by atomic mass is 19.1. The minimum atomic E-state index is -0.254. The summed E-state index contributed by atoms with van der Waals surface area (Å²) in [6.07, 6.45) is 4.81. The summed E-state index contributed by atoms with van der Waals surface area (Å²) in [5.41, 5.74) is 1.59. The zero-order chi connectivity index (χ0) is 16.9. The molecular weight excluding hydrogens is 305 g/mol. The Morgan fingerprint density at radius 2 is 1.88 bits per heavy atom. The minimum absolute atomic E-state index is 0.254. The zero-order valence-electron chi connectivity index (χ0n) is 13.9. The standard InChI is InChI=1S/C18H20FN5/c1-14-20-10-13-24(14)12-3-11-23(2)18-9-8-17(21-22-18)15-4-6-16(19)7-5-15/h4-10,13H,3,11-12H2,1-2H3. The maximum Gasteiger partial charge on any atom is 0.151 e. The summed E-state index contributed by atoms with van der Waals surface area (Å²) in [5, 5.41) is 8.52. The summed E-state index contributed by atoms with van der Waals surface area (Å²) in [7, 11) is 2.00. The molecule has 2 heterocycles. The molecule has 124 valence electrons. The van der Waals surface area contributed by atoms with Gasteiger partial charge in [-0.15, -0.1) is 10.2 Å². The largest absolute Gasteiger partial charge is 0.358 e. The van der Waals surface area contributed by atoms with Crippen molar-refractivity contribution in [3.63, 3.8) is 0 Å². The molecule has 3 aromatic rings. The first-order valence-electron chi connectivity index (χ1n) is 7.92. The zero-order valence-corrected chi connectivity index (χ0v) is 13.9. The molecule has 0 saturated carbocycles. The number of aryl methyl sites for hydroxylation is 2. The average Bonchev–Trinajstić information content (AvgIpc) is 3.01. The van der Waals surface area contributed by atoms with Gasteiger partial charge in [-0.05, 0) is 49.7 Å². The second-order valence-electron chi connectivity index (χ2n) is 5.73. The smallest absolute Gasteiger partial charge is 0.151 e. The normalized spacial score (nSPS) is 10.8. The van der Waals surface area contributed by atoms with Crippen LogP contribution in [-0.2, 0) is 6.54 Å². The SMILES string of the molecule is Cc1nccn1CCCN(C)c1ccc(-c2ccc(F)cc2)nn1. The first-order chi connectivity index (χ1) is 11.6. The van der Waals surface area contributed by atoms with Gasteiger partial charge in [-0.25, -0.2) is 9.37 Å². The molecule has 0 spiro atoms. The van der Waals surface area contributed by atoms with Gasteiger partial charge in [-0.2, -0.15) is 0 Å². The molecule has 0 amide bonds. The van der Waals surface area contributed by atoms with Crippen LogP contribution in [0.2, 0.25) is 0 Å². The molecule has 0 aliphatic carbocycles. The molecular formula is C18H20FN5. The van der Waals surface area contributed by atoms with Crippen molar-refractivity contribution in [3.8, 4) is 11.3 Å². The highest BCUT2D eigenvalue weighted by Crippen LogP contribution is 2.18. The van der Waals surface area contributed by atoms with E-state index in [1.165, 1.54) is 12.1 Å². The lowest BCUT2D eigenvalue weighted by Gasteiger charge is -2.18. The maximum atomic E-state index is 13.0. The Balaban J connectivity index is 1.58. The molecule has 0 saturated heterocycles. The van der Waals surface area contributed by atoms with E-state index < -0.39 is 0 Å². The number of halogens is 1. The van der Waals surface area contributed by atoms with Crippen molar-refractivity contribution in [2.45, 2.75) is 19.9 Å². The molecule has 1 aromatic carbocycles. The predicted molar refractivity (Wildman–Crippen MR) is 92.3 cm³/mol. The molecule has 24 heavy (non-hydrogen) atoms. The lowest BCUT2D eigenvalue weighted by Crippen LogP contribution is -2.21. The highest BCUT2D eigenvalue weighted by Gasteiger charge is 2.06. The van der Waals surface area contributed by atoms with Crippen LogP contribution in [0.5, 0.6) is 0 Å². The van der Waals surface area contributed by atoms with Crippen molar-refractivity contribution in [1.82, 2.24) is 19.7 Å². The second kappa shape index (κ2) is 7.21. The van der Waals surface area contributed by atoms with E-state index in [4.69, 9.17) is 0 Å². The number of nitrogens with zero attached hydrogens (tertiary/aromatic N) is 5. The lowest BCUT2D eigenvalue weighted by atomic mass is 10.1. The fraction of sp³-hybridized carbons (Fsp3) is 0.278. The number of imidazole rings is 1. The maximum absolute atomic E-state index is 13.0. The Kier molecular flexibility index (Phi) is 4.84. The van der Waals surface area contributed by atoms with Crippen molar-refractivity contribution in [2.75, 3.05) is 18.5 Å². The molecule has 3 rings (SSSR count). The number of hydrogen-bond donors (Lipinski definition) is 0. The van der Waals surface area contributed by atoms with Gasteiger partial charge < -0.3 is 9.47 Å². The fourth-order valence-corrected chi connectivity index (χ4v) is 2.54. The van der Waals surface area contributed by atoms with Crippen molar-refractivity contribution in [1.29, 1.82) is 0 Å². The first-order valence-corrected chi connectivity index (χ1v) is 7.92. The summed E-state index contributed by atoms with van der Waals surface area (Å²) in [4.78, 5) is 6.30. The number of aromatic nitrogens is 4. The molecule has 0 aliphatic rings. The first kappa shape index (κ1) is 16.1. The van der Waals surface area contributed by atoms with Gasteiger partial charge in [0, 0.05) is 38.1 Å². The van der Waals surface area contributed by atoms with Crippen LogP contribution in [0.15, 0.2) is 48.8 Å². The van der Waals surface area contributed by atoms with Gasteiger partial charge in [0.05, 0.1) is 5.69 Å². The van der Waals surface area contributed by atoms with Gasteiger partial charge in [-0.3, -0.25) is 0 Å². The number of anilines is 1. The van der Waals surface area contributed by atoms with Gasteiger partial charge in [0.2, 0.25) is 0 Å². The topological polar surface area (TPSA) is 46.8 Å². The Morgan fingerprint density at radius 1 is 1.08 bits per heavy atom. The number of rotatable bonds is 6. The van der Waals surface area contributed by atoms with Gasteiger partial charge in [0.25, 0.3) is 0 Å². The molecule has 0 atom stereocenters. The van der Waals surface area contributed by atoms with Crippen LogP contribution in [0.1, 0.15) is 12.2 Å². The third kappa shape index (κ3) is 3.76. The summed E-state index contributed by atoms with van der Waals surface area (Å²) in [6.45, 7) is 3.81. The van der Waals surface area contributed by atoms with Gasteiger partial charge >= 0.3 is 0 Å². The fourth-order valence-electron chi connectivity index (χ4n) is 2.54. The van der Waals surface area contributed by atoms with Gasteiger partial charge in [-0.1, -0.05) is 0 Å². The molecule has 0 fully saturated rings. The van der Waals surface area contributed by atoms with E-state index in [9.17, 15) is 4.39 Å². The van der Waals surface area contributed by atoms with E-state index in [2.05, 4.69) is 24.6 Å². The van der Waals surface area contributed by atoms with Crippen LogP contribution in [-0.4, -0.2) is 33.3 Å². The summed E-state index contributed by atoms with van der Waals surface area (Å²) in [5.74, 6) is 1.60. The van der Waals surface area contributed by atoms with Crippen LogP contribution < -0.4 is 4.90 Å². The van der Waals surface area contributed by atoms with Crippen LogP contribution in [0.3, 0.4) is 0 Å². The molecule has 0 radical (unpaired) electrons. The van der Waals surface area contributed by atoms with Crippen LogP contribution in [0.4, 0.5) is 10.2 Å². The van der Waals surface area contributed by atoms with Crippen LogP contribution >= 0.6 is 0 Å². The molecule has 0 N–H and O–H groups in total. The van der Waals surface area contributed by atoms with E-state index in [0.29, 0.717) is 0 Å². The highest BCUT2D eigenvalue weighted by molar-refractivity contribution is 5.59. The monoisotopic (exact) mass is 325 g/mol. The third-order valence-corrected chi connectivity index (χ3v) is 4.00. The van der Waals surface area contributed by atoms with Crippen molar-refractivity contribution in [3.05, 3.63) is 60.4 Å².